The van der Waals surface area contributed by atoms with E-state index in [0.29, 0.717) is 23.7 Å². The fraction of sp³-hybridized carbons (Fsp3) is 0.364. The van der Waals surface area contributed by atoms with Gasteiger partial charge in [0.05, 0.1) is 4.92 Å². The Hall–Kier alpha value is -2.15. The molecule has 18 heavy (non-hydrogen) atoms. The number of rotatable bonds is 4. The summed E-state index contributed by atoms with van der Waals surface area (Å²) in [6, 6.07) is 4.59. The second-order valence-electron chi connectivity index (χ2n) is 4.64. The van der Waals surface area contributed by atoms with Crippen LogP contribution in [0.1, 0.15) is 13.8 Å². The number of hydrogen-bond acceptors (Lipinski definition) is 6. The van der Waals surface area contributed by atoms with Gasteiger partial charge in [0.1, 0.15) is 5.52 Å². The lowest BCUT2D eigenvalue weighted by Crippen LogP contribution is -2.39. The number of nitrogens with one attached hydrogen (secondary N) is 1. The Morgan fingerprint density at radius 3 is 2.89 bits per heavy atom. The molecule has 0 fully saturated rings. The molecule has 0 atom stereocenters. The molecule has 2 aromatic rings. The molecule has 0 amide bonds. The minimum atomic E-state index is -0.467. The van der Waals surface area contributed by atoms with Gasteiger partial charge in [0, 0.05) is 24.2 Å². The minimum absolute atomic E-state index is 0.0135. The highest BCUT2D eigenvalue weighted by Gasteiger charge is 2.19. The smallest absolute Gasteiger partial charge is 0.296 e. The van der Waals surface area contributed by atoms with E-state index in [1.54, 1.807) is 0 Å². The van der Waals surface area contributed by atoms with Crippen molar-refractivity contribution in [2.75, 3.05) is 11.9 Å². The first kappa shape index (κ1) is 12.3. The molecule has 1 aromatic heterocycles. The molecule has 0 bridgehead atoms. The third-order valence-corrected chi connectivity index (χ3v) is 2.54. The van der Waals surface area contributed by atoms with E-state index in [1.807, 2.05) is 13.8 Å². The molecule has 0 spiro atoms. The van der Waals surface area contributed by atoms with Crippen LogP contribution < -0.4 is 11.1 Å². The Bertz CT molecular complexity index is 591. The number of non-ortho nitro benzene ring substituents is 1. The van der Waals surface area contributed by atoms with E-state index in [2.05, 4.69) is 10.3 Å². The van der Waals surface area contributed by atoms with Gasteiger partial charge in [-0.05, 0) is 19.9 Å². The number of hydrogen-bond donors (Lipinski definition) is 2. The van der Waals surface area contributed by atoms with Crippen molar-refractivity contribution in [3.63, 3.8) is 0 Å². The number of nitro benzene ring substituents is 1. The van der Waals surface area contributed by atoms with Crippen molar-refractivity contribution in [2.45, 2.75) is 19.4 Å². The zero-order chi connectivity index (χ0) is 13.3. The normalized spacial score (nSPS) is 11.7. The maximum absolute atomic E-state index is 10.6. The Labute approximate surface area is 103 Å². The topological polar surface area (TPSA) is 107 Å². The number of aromatic nitrogens is 1. The second-order valence-corrected chi connectivity index (χ2v) is 4.64. The fourth-order valence-electron chi connectivity index (χ4n) is 1.42. The van der Waals surface area contributed by atoms with Crippen LogP contribution in [0.5, 0.6) is 0 Å². The van der Waals surface area contributed by atoms with Gasteiger partial charge in [0.15, 0.2) is 5.58 Å². The van der Waals surface area contributed by atoms with Gasteiger partial charge in [0.25, 0.3) is 11.7 Å². The van der Waals surface area contributed by atoms with Crippen LogP contribution in [0.3, 0.4) is 0 Å². The van der Waals surface area contributed by atoms with Crippen LogP contribution in [-0.2, 0) is 0 Å². The maximum atomic E-state index is 10.6. The summed E-state index contributed by atoms with van der Waals surface area (Å²) in [6.07, 6.45) is 0. The Kier molecular flexibility index (Phi) is 2.92. The molecule has 96 valence electrons. The van der Waals surface area contributed by atoms with Crippen LogP contribution in [0.2, 0.25) is 0 Å². The number of benzene rings is 1. The van der Waals surface area contributed by atoms with E-state index < -0.39 is 4.92 Å². The lowest BCUT2D eigenvalue weighted by atomic mass is 10.1. The summed E-state index contributed by atoms with van der Waals surface area (Å²) >= 11 is 0. The van der Waals surface area contributed by atoms with Gasteiger partial charge in [-0.1, -0.05) is 0 Å². The predicted octanol–water partition coefficient (Wildman–Crippen LogP) is 1.89. The number of oxazole rings is 1. The van der Waals surface area contributed by atoms with E-state index in [1.165, 1.54) is 18.2 Å². The largest absolute Gasteiger partial charge is 0.424 e. The predicted molar refractivity (Wildman–Crippen MR) is 67.4 cm³/mol. The molecule has 1 aromatic carbocycles. The molecule has 1 heterocycles. The van der Waals surface area contributed by atoms with Crippen LogP contribution in [0.15, 0.2) is 22.6 Å². The zero-order valence-corrected chi connectivity index (χ0v) is 10.1. The highest BCUT2D eigenvalue weighted by atomic mass is 16.6. The Morgan fingerprint density at radius 2 is 2.28 bits per heavy atom. The third-order valence-electron chi connectivity index (χ3n) is 2.54. The van der Waals surface area contributed by atoms with Crippen LogP contribution in [0.4, 0.5) is 11.7 Å². The third kappa shape index (κ3) is 2.40. The van der Waals surface area contributed by atoms with Gasteiger partial charge in [0.2, 0.25) is 0 Å². The molecule has 3 N–H and O–H groups in total. The van der Waals surface area contributed by atoms with Crippen LogP contribution in [-0.4, -0.2) is 22.0 Å². The van der Waals surface area contributed by atoms with Crippen molar-refractivity contribution in [3.8, 4) is 0 Å². The first-order valence-corrected chi connectivity index (χ1v) is 5.44. The van der Waals surface area contributed by atoms with Gasteiger partial charge in [-0.3, -0.25) is 10.1 Å². The standard InChI is InChI=1S/C11H14N4O3/c1-11(2,6-12)14-10-13-8-5-7(15(16)17)3-4-9(8)18-10/h3-5H,6,12H2,1-2H3,(H,13,14). The average molecular weight is 250 g/mol. The summed E-state index contributed by atoms with van der Waals surface area (Å²) in [4.78, 5) is 14.3. The van der Waals surface area contributed by atoms with Crippen molar-refractivity contribution in [3.05, 3.63) is 28.3 Å². The number of fused-ring (bicyclic) bond motifs is 1. The molecule has 7 heteroatoms. The van der Waals surface area contributed by atoms with Gasteiger partial charge in [-0.15, -0.1) is 0 Å². The fourth-order valence-corrected chi connectivity index (χ4v) is 1.42. The average Bonchev–Trinajstić information content (AvgIpc) is 2.68. The molecule has 0 saturated heterocycles. The lowest BCUT2D eigenvalue weighted by molar-refractivity contribution is -0.384. The monoisotopic (exact) mass is 250 g/mol. The summed E-state index contributed by atoms with van der Waals surface area (Å²) in [5, 5.41) is 13.7. The molecule has 7 nitrogen and oxygen atoms in total. The Morgan fingerprint density at radius 1 is 1.56 bits per heavy atom. The van der Waals surface area contributed by atoms with Gasteiger partial charge < -0.3 is 15.5 Å². The number of nitro groups is 1. The summed E-state index contributed by atoms with van der Waals surface area (Å²) in [5.41, 5.74) is 6.16. The first-order valence-electron chi connectivity index (χ1n) is 5.44. The maximum Gasteiger partial charge on any atom is 0.296 e. The van der Waals surface area contributed by atoms with Gasteiger partial charge in [-0.25, -0.2) is 0 Å². The Balaban J connectivity index is 2.35. The molecular formula is C11H14N4O3. The van der Waals surface area contributed by atoms with E-state index in [4.69, 9.17) is 10.2 Å². The molecule has 0 aliphatic rings. The highest BCUT2D eigenvalue weighted by Crippen LogP contribution is 2.24. The molecule has 0 radical (unpaired) electrons. The van der Waals surface area contributed by atoms with Crippen LogP contribution in [0, 0.1) is 10.1 Å². The summed E-state index contributed by atoms with van der Waals surface area (Å²) in [7, 11) is 0. The van der Waals surface area contributed by atoms with Crippen molar-refractivity contribution >= 4 is 22.8 Å². The molecule has 0 saturated carbocycles. The van der Waals surface area contributed by atoms with Gasteiger partial charge in [-0.2, -0.15) is 4.98 Å². The lowest BCUT2D eigenvalue weighted by Gasteiger charge is -2.22. The summed E-state index contributed by atoms with van der Waals surface area (Å²) in [5.74, 6) is 0. The second kappa shape index (κ2) is 4.26. The van der Waals surface area contributed by atoms with E-state index in [0.717, 1.165) is 0 Å². The first-order chi connectivity index (χ1) is 8.41. The van der Waals surface area contributed by atoms with Crippen molar-refractivity contribution in [2.24, 2.45) is 5.73 Å². The quantitative estimate of drug-likeness (QED) is 0.633. The van der Waals surface area contributed by atoms with E-state index in [-0.39, 0.29) is 11.2 Å². The van der Waals surface area contributed by atoms with Crippen LogP contribution in [0.25, 0.3) is 11.1 Å². The van der Waals surface area contributed by atoms with Crippen molar-refractivity contribution in [1.29, 1.82) is 0 Å². The minimum Gasteiger partial charge on any atom is -0.424 e. The van der Waals surface area contributed by atoms with Crippen molar-refractivity contribution in [1.82, 2.24) is 4.98 Å². The van der Waals surface area contributed by atoms with E-state index in [9.17, 15) is 10.1 Å². The zero-order valence-electron chi connectivity index (χ0n) is 10.1. The molecular weight excluding hydrogens is 236 g/mol. The molecule has 0 aliphatic carbocycles. The highest BCUT2D eigenvalue weighted by molar-refractivity contribution is 5.77. The van der Waals surface area contributed by atoms with Crippen LogP contribution >= 0.6 is 0 Å². The number of anilines is 1. The SMILES string of the molecule is CC(C)(CN)Nc1nc2cc([N+](=O)[O-])ccc2o1. The number of nitrogens with two attached hydrogens (primary N) is 1. The summed E-state index contributed by atoms with van der Waals surface area (Å²) in [6.45, 7) is 4.22. The van der Waals surface area contributed by atoms with E-state index >= 15 is 0 Å². The molecule has 2 rings (SSSR count). The van der Waals surface area contributed by atoms with Gasteiger partial charge >= 0.3 is 0 Å². The van der Waals surface area contributed by atoms with Crippen molar-refractivity contribution < 1.29 is 9.34 Å². The number of nitrogens with zero attached hydrogens (tertiary/aromatic N) is 2. The molecule has 0 aliphatic heterocycles. The summed E-state index contributed by atoms with van der Waals surface area (Å²) < 4.78 is 5.44. The molecule has 0 unspecified atom stereocenters.